The zero-order valence-corrected chi connectivity index (χ0v) is 14.9. The summed E-state index contributed by atoms with van der Waals surface area (Å²) in [6, 6.07) is 3.45. The molecule has 0 spiro atoms. The van der Waals surface area contributed by atoms with Gasteiger partial charge in [0.2, 0.25) is 5.95 Å². The number of nitrogens with zero attached hydrogens (tertiary/aromatic N) is 2. The number of hydrogen-bond donors (Lipinski definition) is 4. The van der Waals surface area contributed by atoms with Gasteiger partial charge >= 0.3 is 6.18 Å². The van der Waals surface area contributed by atoms with Crippen LogP contribution in [0, 0.1) is 5.41 Å². The van der Waals surface area contributed by atoms with E-state index in [1.165, 1.54) is 0 Å². The van der Waals surface area contributed by atoms with Gasteiger partial charge in [-0.1, -0.05) is 0 Å². The molecule has 0 radical (unpaired) electrons. The second-order valence-corrected chi connectivity index (χ2v) is 6.67. The number of anilines is 4. The van der Waals surface area contributed by atoms with Gasteiger partial charge in [0.15, 0.2) is 0 Å². The Bertz CT molecular complexity index is 898. The molecule has 2 aliphatic rings. The first-order valence-corrected chi connectivity index (χ1v) is 8.97. The largest absolute Gasteiger partial charge is 0.491 e. The summed E-state index contributed by atoms with van der Waals surface area (Å²) in [7, 11) is 0. The molecule has 1 aromatic carbocycles. The summed E-state index contributed by atoms with van der Waals surface area (Å²) in [5.74, 6) is 0.417. The lowest BCUT2D eigenvalue weighted by molar-refractivity contribution is -0.137. The van der Waals surface area contributed by atoms with Gasteiger partial charge in [-0.15, -0.1) is 0 Å². The average Bonchev–Trinajstić information content (AvgIpc) is 3.47. The summed E-state index contributed by atoms with van der Waals surface area (Å²) >= 11 is 0. The highest BCUT2D eigenvalue weighted by atomic mass is 19.4. The highest BCUT2D eigenvalue weighted by molar-refractivity contribution is 5.96. The van der Waals surface area contributed by atoms with E-state index in [1.54, 1.807) is 12.1 Å². The molecule has 1 aliphatic carbocycles. The lowest BCUT2D eigenvalue weighted by atomic mass is 10.1. The van der Waals surface area contributed by atoms with Gasteiger partial charge in [-0.2, -0.15) is 18.2 Å². The molecule has 148 valence electrons. The Morgan fingerprint density at radius 2 is 2.11 bits per heavy atom. The molecule has 28 heavy (non-hydrogen) atoms. The molecule has 7 nitrogen and oxygen atoms in total. The highest BCUT2D eigenvalue weighted by Crippen LogP contribution is 2.38. The van der Waals surface area contributed by atoms with Crippen molar-refractivity contribution < 1.29 is 17.9 Å². The van der Waals surface area contributed by atoms with Crippen molar-refractivity contribution in [3.05, 3.63) is 29.5 Å². The number of nitrogens with one attached hydrogen (secondary N) is 4. The van der Waals surface area contributed by atoms with E-state index in [0.717, 1.165) is 31.7 Å². The summed E-state index contributed by atoms with van der Waals surface area (Å²) in [6.45, 7) is 1.27. The predicted octanol–water partition coefficient (Wildman–Crippen LogP) is 4.01. The van der Waals surface area contributed by atoms with Gasteiger partial charge in [-0.3, -0.25) is 0 Å². The first-order valence-electron chi connectivity index (χ1n) is 8.97. The number of hydrogen-bond acceptors (Lipinski definition) is 7. The maximum Gasteiger partial charge on any atom is 0.421 e. The van der Waals surface area contributed by atoms with Crippen molar-refractivity contribution in [2.24, 2.45) is 0 Å². The van der Waals surface area contributed by atoms with E-state index in [2.05, 4.69) is 25.9 Å². The van der Waals surface area contributed by atoms with Crippen molar-refractivity contribution in [3.8, 4) is 5.75 Å². The van der Waals surface area contributed by atoms with E-state index in [4.69, 9.17) is 10.1 Å². The van der Waals surface area contributed by atoms with E-state index in [0.29, 0.717) is 35.8 Å². The Morgan fingerprint density at radius 1 is 1.29 bits per heavy atom. The molecule has 4 rings (SSSR count). The normalized spacial score (nSPS) is 16.2. The maximum atomic E-state index is 13.2. The Kier molecular flexibility index (Phi) is 4.70. The predicted molar refractivity (Wildman–Crippen MR) is 99.9 cm³/mol. The topological polar surface area (TPSA) is 95.0 Å². The quantitative estimate of drug-likeness (QED) is 0.575. The van der Waals surface area contributed by atoms with E-state index < -0.39 is 11.7 Å². The Morgan fingerprint density at radius 3 is 2.82 bits per heavy atom. The lowest BCUT2D eigenvalue weighted by Gasteiger charge is -2.17. The van der Waals surface area contributed by atoms with Crippen molar-refractivity contribution in [2.45, 2.75) is 31.5 Å². The molecular weight excluding hydrogens is 373 g/mol. The van der Waals surface area contributed by atoms with Crippen molar-refractivity contribution in [1.29, 1.82) is 5.41 Å². The lowest BCUT2D eigenvalue weighted by Crippen LogP contribution is -2.15. The van der Waals surface area contributed by atoms with Crippen LogP contribution < -0.4 is 20.7 Å². The Balaban J connectivity index is 1.67. The van der Waals surface area contributed by atoms with Gasteiger partial charge in [-0.25, -0.2) is 4.98 Å². The third-order valence-corrected chi connectivity index (χ3v) is 4.49. The molecule has 0 bridgehead atoms. The van der Waals surface area contributed by atoms with E-state index >= 15 is 0 Å². The first kappa shape index (κ1) is 18.3. The number of rotatable bonds is 5. The summed E-state index contributed by atoms with van der Waals surface area (Å²) in [6.07, 6.45) is -0.142. The summed E-state index contributed by atoms with van der Waals surface area (Å²) in [4.78, 5) is 7.87. The molecule has 0 atom stereocenters. The van der Waals surface area contributed by atoms with Gasteiger partial charge < -0.3 is 26.1 Å². The molecule has 0 saturated heterocycles. The third-order valence-electron chi connectivity index (χ3n) is 4.49. The first-order chi connectivity index (χ1) is 13.5. The standard InChI is InChI=1S/C18H19F3N6O/c19-18(20,21)12-9-24-17(27-16(12)25-10-2-3-10)26-13-4-5-14-15(11(13)8-22)23-6-1-7-28-14/h4-5,8-10,22-23H,1-3,6-7H2,(H2,24,25,26,27). The van der Waals surface area contributed by atoms with Crippen LogP contribution in [0.2, 0.25) is 0 Å². The molecule has 1 fully saturated rings. The zero-order chi connectivity index (χ0) is 19.7. The van der Waals surface area contributed by atoms with Crippen LogP contribution in [0.3, 0.4) is 0 Å². The minimum absolute atomic E-state index is 0.00910. The van der Waals surface area contributed by atoms with Gasteiger partial charge in [0.1, 0.15) is 17.1 Å². The fourth-order valence-electron chi connectivity index (χ4n) is 2.93. The van der Waals surface area contributed by atoms with E-state index in [9.17, 15) is 13.2 Å². The van der Waals surface area contributed by atoms with Crippen LogP contribution in [0.5, 0.6) is 5.75 Å². The van der Waals surface area contributed by atoms with Crippen LogP contribution >= 0.6 is 0 Å². The van der Waals surface area contributed by atoms with Gasteiger partial charge in [0, 0.05) is 30.6 Å². The smallest absolute Gasteiger partial charge is 0.421 e. The highest BCUT2D eigenvalue weighted by Gasteiger charge is 2.37. The molecular formula is C18H19F3N6O. The molecule has 10 heteroatoms. The molecule has 1 aromatic heterocycles. The molecule has 4 N–H and O–H groups in total. The second kappa shape index (κ2) is 7.17. The number of halogens is 3. The van der Waals surface area contributed by atoms with E-state index in [1.807, 2.05) is 0 Å². The van der Waals surface area contributed by atoms with Crippen LogP contribution in [0.25, 0.3) is 0 Å². The number of aromatic nitrogens is 2. The number of alkyl halides is 3. The van der Waals surface area contributed by atoms with Crippen molar-refractivity contribution in [1.82, 2.24) is 9.97 Å². The molecule has 2 heterocycles. The van der Waals surface area contributed by atoms with Crippen molar-refractivity contribution in [3.63, 3.8) is 0 Å². The number of ether oxygens (including phenoxy) is 1. The van der Waals surface area contributed by atoms with Crippen LogP contribution in [-0.4, -0.2) is 35.4 Å². The van der Waals surface area contributed by atoms with Crippen LogP contribution in [-0.2, 0) is 6.18 Å². The van der Waals surface area contributed by atoms with Gasteiger partial charge in [0.05, 0.1) is 18.0 Å². The number of fused-ring (bicyclic) bond motifs is 1. The van der Waals surface area contributed by atoms with Crippen molar-refractivity contribution >= 4 is 29.4 Å². The molecule has 1 saturated carbocycles. The van der Waals surface area contributed by atoms with Crippen LogP contribution in [0.4, 0.5) is 36.3 Å². The third kappa shape index (κ3) is 3.80. The monoisotopic (exact) mass is 392 g/mol. The fourth-order valence-corrected chi connectivity index (χ4v) is 2.93. The Hall–Kier alpha value is -3.04. The maximum absolute atomic E-state index is 13.2. The average molecular weight is 392 g/mol. The SMILES string of the molecule is N=Cc1c(Nc2ncc(C(F)(F)F)c(NC3CC3)n2)ccc2c1NCCCO2. The summed E-state index contributed by atoms with van der Waals surface area (Å²) in [5, 5.41) is 16.7. The van der Waals surface area contributed by atoms with Crippen LogP contribution in [0.15, 0.2) is 18.3 Å². The minimum Gasteiger partial charge on any atom is -0.491 e. The fraction of sp³-hybridized carbons (Fsp3) is 0.389. The molecule has 0 amide bonds. The molecule has 1 aliphatic heterocycles. The summed E-state index contributed by atoms with van der Waals surface area (Å²) in [5.41, 5.74) is 0.804. The van der Waals surface area contributed by atoms with Crippen molar-refractivity contribution in [2.75, 3.05) is 29.1 Å². The van der Waals surface area contributed by atoms with Crippen LogP contribution in [0.1, 0.15) is 30.4 Å². The summed E-state index contributed by atoms with van der Waals surface area (Å²) < 4.78 is 45.4. The van der Waals surface area contributed by atoms with E-state index in [-0.39, 0.29) is 17.8 Å². The minimum atomic E-state index is -4.54. The molecule has 0 unspecified atom stereocenters. The van der Waals surface area contributed by atoms with Gasteiger partial charge in [-0.05, 0) is 31.4 Å². The molecule has 2 aromatic rings. The number of benzene rings is 1. The van der Waals surface area contributed by atoms with Gasteiger partial charge in [0.25, 0.3) is 0 Å². The Labute approximate surface area is 159 Å². The second-order valence-electron chi connectivity index (χ2n) is 6.67. The zero-order valence-electron chi connectivity index (χ0n) is 14.9.